The molecular weight excluding hydrogens is 296 g/mol. The van der Waals surface area contributed by atoms with Gasteiger partial charge in [-0.15, -0.1) is 0 Å². The highest BCUT2D eigenvalue weighted by Crippen LogP contribution is 2.11. The zero-order valence-corrected chi connectivity index (χ0v) is 12.9. The van der Waals surface area contributed by atoms with Crippen LogP contribution in [0.1, 0.15) is 11.4 Å². The Kier molecular flexibility index (Phi) is 3.78. The van der Waals surface area contributed by atoms with Gasteiger partial charge >= 0.3 is 0 Å². The molecule has 114 valence electrons. The second-order valence-electron chi connectivity index (χ2n) is 5.35. The molecule has 4 heteroatoms. The molecule has 24 heavy (non-hydrogen) atoms. The highest BCUT2D eigenvalue weighted by atomic mass is 15.2. The molecule has 0 spiro atoms. The molecule has 0 aliphatic heterocycles. The maximum atomic E-state index is 4.52. The summed E-state index contributed by atoms with van der Waals surface area (Å²) in [5.41, 5.74) is 3.44. The lowest BCUT2D eigenvalue weighted by Crippen LogP contribution is -1.89. The summed E-state index contributed by atoms with van der Waals surface area (Å²) < 4.78 is 0. The van der Waals surface area contributed by atoms with E-state index in [9.17, 15) is 0 Å². The molecule has 2 aromatic carbocycles. The van der Waals surface area contributed by atoms with Crippen molar-refractivity contribution >= 4 is 34.2 Å². The van der Waals surface area contributed by atoms with E-state index in [-0.39, 0.29) is 0 Å². The molecule has 0 aliphatic carbocycles. The van der Waals surface area contributed by atoms with Crippen LogP contribution >= 0.6 is 0 Å². The summed E-state index contributed by atoms with van der Waals surface area (Å²) in [6.07, 6.45) is 3.29. The van der Waals surface area contributed by atoms with Crippen molar-refractivity contribution in [3.05, 3.63) is 84.2 Å². The molecule has 0 amide bonds. The third-order valence-electron chi connectivity index (χ3n) is 3.69. The Morgan fingerprint density at radius 1 is 0.542 bits per heavy atom. The number of nitrogens with zero attached hydrogens (tertiary/aromatic N) is 4. The van der Waals surface area contributed by atoms with Gasteiger partial charge in [-0.2, -0.15) is 10.2 Å². The minimum atomic E-state index is 0.775. The number of para-hydroxylation sites is 2. The van der Waals surface area contributed by atoms with Crippen LogP contribution in [0.3, 0.4) is 0 Å². The Balaban J connectivity index is 1.53. The molecule has 0 N–H and O–H groups in total. The minimum Gasteiger partial charge on any atom is -0.247 e. The SMILES string of the molecule is C(=NN=Cc1ccc2ccccc2n1)c1ccc2ccccc2n1. The van der Waals surface area contributed by atoms with Crippen molar-refractivity contribution < 1.29 is 0 Å². The van der Waals surface area contributed by atoms with Crippen molar-refractivity contribution in [2.45, 2.75) is 0 Å². The molecule has 4 rings (SSSR count). The summed E-state index contributed by atoms with van der Waals surface area (Å²) >= 11 is 0. The van der Waals surface area contributed by atoms with Crippen molar-refractivity contribution in [3.8, 4) is 0 Å². The monoisotopic (exact) mass is 310 g/mol. The summed E-state index contributed by atoms with van der Waals surface area (Å²) in [6.45, 7) is 0. The molecule has 0 radical (unpaired) electrons. The lowest BCUT2D eigenvalue weighted by Gasteiger charge is -1.97. The molecule has 0 unspecified atom stereocenters. The lowest BCUT2D eigenvalue weighted by molar-refractivity contribution is 1.24. The van der Waals surface area contributed by atoms with Crippen LogP contribution in [0.5, 0.6) is 0 Å². The van der Waals surface area contributed by atoms with Gasteiger partial charge < -0.3 is 0 Å². The van der Waals surface area contributed by atoms with Crippen LogP contribution in [0, 0.1) is 0 Å². The highest BCUT2D eigenvalue weighted by Gasteiger charge is 1.96. The van der Waals surface area contributed by atoms with Gasteiger partial charge in [0, 0.05) is 10.8 Å². The predicted molar refractivity (Wildman–Crippen MR) is 98.7 cm³/mol. The van der Waals surface area contributed by atoms with Gasteiger partial charge in [-0.1, -0.05) is 48.5 Å². The van der Waals surface area contributed by atoms with Gasteiger partial charge in [-0.05, 0) is 24.3 Å². The van der Waals surface area contributed by atoms with E-state index < -0.39 is 0 Å². The molecule has 0 saturated heterocycles. The number of rotatable bonds is 3. The van der Waals surface area contributed by atoms with E-state index in [2.05, 4.69) is 20.2 Å². The van der Waals surface area contributed by atoms with Crippen molar-refractivity contribution in [1.82, 2.24) is 9.97 Å². The average Bonchev–Trinajstić information content (AvgIpc) is 2.65. The first kappa shape index (κ1) is 14.2. The van der Waals surface area contributed by atoms with Crippen LogP contribution in [-0.2, 0) is 0 Å². The summed E-state index contributed by atoms with van der Waals surface area (Å²) in [7, 11) is 0. The van der Waals surface area contributed by atoms with Crippen LogP contribution in [0.25, 0.3) is 21.8 Å². The zero-order chi connectivity index (χ0) is 16.2. The maximum Gasteiger partial charge on any atom is 0.0838 e. The van der Waals surface area contributed by atoms with E-state index >= 15 is 0 Å². The molecule has 0 atom stereocenters. The van der Waals surface area contributed by atoms with Crippen LogP contribution in [0.2, 0.25) is 0 Å². The lowest BCUT2D eigenvalue weighted by atomic mass is 10.2. The molecule has 0 saturated carbocycles. The van der Waals surface area contributed by atoms with E-state index in [1.54, 1.807) is 12.4 Å². The van der Waals surface area contributed by atoms with Crippen LogP contribution < -0.4 is 0 Å². The largest absolute Gasteiger partial charge is 0.247 e. The molecular formula is C20H14N4. The zero-order valence-electron chi connectivity index (χ0n) is 12.9. The van der Waals surface area contributed by atoms with Gasteiger partial charge in [0.2, 0.25) is 0 Å². The fraction of sp³-hybridized carbons (Fsp3) is 0. The number of hydrogen-bond donors (Lipinski definition) is 0. The first-order valence-corrected chi connectivity index (χ1v) is 7.66. The van der Waals surface area contributed by atoms with Crippen LogP contribution in [-0.4, -0.2) is 22.4 Å². The molecule has 0 aliphatic rings. The second kappa shape index (κ2) is 6.38. The number of benzene rings is 2. The van der Waals surface area contributed by atoms with E-state index in [0.717, 1.165) is 33.2 Å². The van der Waals surface area contributed by atoms with Crippen LogP contribution in [0.15, 0.2) is 83.0 Å². The first-order chi connectivity index (χ1) is 11.9. The van der Waals surface area contributed by atoms with E-state index in [0.29, 0.717) is 0 Å². The Morgan fingerprint density at radius 2 is 1.00 bits per heavy atom. The van der Waals surface area contributed by atoms with Gasteiger partial charge in [0.15, 0.2) is 0 Å². The Hall–Kier alpha value is -3.40. The van der Waals surface area contributed by atoms with E-state index in [4.69, 9.17) is 0 Å². The number of aromatic nitrogens is 2. The van der Waals surface area contributed by atoms with Gasteiger partial charge in [0.25, 0.3) is 0 Å². The van der Waals surface area contributed by atoms with Crippen LogP contribution in [0.4, 0.5) is 0 Å². The Bertz CT molecular complexity index is 980. The maximum absolute atomic E-state index is 4.52. The van der Waals surface area contributed by atoms with Crippen molar-refractivity contribution in [2.75, 3.05) is 0 Å². The molecule has 0 bridgehead atoms. The minimum absolute atomic E-state index is 0.775. The van der Waals surface area contributed by atoms with E-state index in [1.165, 1.54) is 0 Å². The van der Waals surface area contributed by atoms with Crippen molar-refractivity contribution in [2.24, 2.45) is 10.2 Å². The fourth-order valence-electron chi connectivity index (χ4n) is 2.49. The van der Waals surface area contributed by atoms with E-state index in [1.807, 2.05) is 72.8 Å². The Labute approximate surface area is 139 Å². The smallest absolute Gasteiger partial charge is 0.0838 e. The molecule has 4 nitrogen and oxygen atoms in total. The molecule has 4 aromatic rings. The number of pyridine rings is 2. The van der Waals surface area contributed by atoms with Crippen molar-refractivity contribution in [3.63, 3.8) is 0 Å². The van der Waals surface area contributed by atoms with Crippen molar-refractivity contribution in [1.29, 1.82) is 0 Å². The third-order valence-corrected chi connectivity index (χ3v) is 3.69. The Morgan fingerprint density at radius 3 is 1.50 bits per heavy atom. The van der Waals surface area contributed by atoms with Gasteiger partial charge in [-0.3, -0.25) is 0 Å². The topological polar surface area (TPSA) is 50.5 Å². The highest BCUT2D eigenvalue weighted by molar-refractivity contribution is 5.87. The average molecular weight is 310 g/mol. The molecule has 0 fully saturated rings. The summed E-state index contributed by atoms with van der Waals surface area (Å²) in [6, 6.07) is 23.9. The summed E-state index contributed by atoms with van der Waals surface area (Å²) in [4.78, 5) is 9.04. The predicted octanol–water partition coefficient (Wildman–Crippen LogP) is 4.24. The summed E-state index contributed by atoms with van der Waals surface area (Å²) in [5, 5.41) is 10.4. The second-order valence-corrected chi connectivity index (χ2v) is 5.35. The van der Waals surface area contributed by atoms with Gasteiger partial charge in [0.1, 0.15) is 0 Å². The van der Waals surface area contributed by atoms with Gasteiger partial charge in [0.05, 0.1) is 34.9 Å². The standard InChI is InChI=1S/C20H14N4/c1-3-7-19-15(5-1)9-11-17(23-19)13-21-22-14-18-12-10-16-6-2-4-8-20(16)24-18/h1-14H. The normalized spacial score (nSPS) is 11.8. The summed E-state index contributed by atoms with van der Waals surface area (Å²) in [5.74, 6) is 0. The van der Waals surface area contributed by atoms with Gasteiger partial charge in [-0.25, -0.2) is 9.97 Å². The molecule has 2 heterocycles. The fourth-order valence-corrected chi connectivity index (χ4v) is 2.49. The number of fused-ring (bicyclic) bond motifs is 2. The number of hydrogen-bond acceptors (Lipinski definition) is 4. The molecule has 2 aromatic heterocycles. The first-order valence-electron chi connectivity index (χ1n) is 7.66. The third kappa shape index (κ3) is 3.03. The quantitative estimate of drug-likeness (QED) is 0.420.